The summed E-state index contributed by atoms with van der Waals surface area (Å²) < 4.78 is 0. The lowest BCUT2D eigenvalue weighted by atomic mass is 10.2. The van der Waals surface area contributed by atoms with Gasteiger partial charge in [-0.15, -0.1) is 18.3 Å². The Balaban J connectivity index is 2.50. The van der Waals surface area contributed by atoms with Crippen molar-refractivity contribution in [1.82, 2.24) is 0 Å². The van der Waals surface area contributed by atoms with Gasteiger partial charge in [-0.25, -0.2) is 0 Å². The fraction of sp³-hybridized carbons (Fsp3) is 0.385. The van der Waals surface area contributed by atoms with Crippen LogP contribution in [0, 0.1) is 5.92 Å². The first-order chi connectivity index (χ1) is 6.72. The maximum Gasteiger partial charge on any atom is 0.00722 e. The van der Waals surface area contributed by atoms with Crippen LogP contribution in [0.3, 0.4) is 0 Å². The van der Waals surface area contributed by atoms with Crippen molar-refractivity contribution in [2.24, 2.45) is 5.92 Å². The zero-order valence-electron chi connectivity index (χ0n) is 8.99. The third kappa shape index (κ3) is 4.01. The smallest absolute Gasteiger partial charge is 0.00722 e. The molecular formula is C13H18S. The van der Waals surface area contributed by atoms with Crippen LogP contribution in [0.25, 0.3) is 0 Å². The van der Waals surface area contributed by atoms with Crippen molar-refractivity contribution >= 4 is 11.8 Å². The normalized spacial score (nSPS) is 10.5. The average molecular weight is 206 g/mol. The third-order valence-corrected chi connectivity index (χ3v) is 3.33. The fourth-order valence-electron chi connectivity index (χ4n) is 1.15. The minimum absolute atomic E-state index is 0.757. The molecule has 1 aromatic rings. The van der Waals surface area contributed by atoms with E-state index >= 15 is 0 Å². The molecule has 14 heavy (non-hydrogen) atoms. The second-order valence-corrected chi connectivity index (χ2v) is 4.94. The van der Waals surface area contributed by atoms with Crippen molar-refractivity contribution in [2.75, 3.05) is 5.75 Å². The van der Waals surface area contributed by atoms with Crippen LogP contribution in [0.15, 0.2) is 41.8 Å². The molecule has 0 radical (unpaired) electrons. The Hall–Kier alpha value is -0.690. The molecule has 0 spiro atoms. The molecule has 0 aromatic heterocycles. The molecule has 0 saturated heterocycles. The molecule has 0 unspecified atom stereocenters. The molecule has 0 N–H and O–H groups in total. The van der Waals surface area contributed by atoms with Crippen LogP contribution >= 0.6 is 11.8 Å². The molecule has 76 valence electrons. The number of thioether (sulfide) groups is 1. The van der Waals surface area contributed by atoms with Crippen LogP contribution in [0.2, 0.25) is 0 Å². The Morgan fingerprint density at radius 2 is 1.93 bits per heavy atom. The highest BCUT2D eigenvalue weighted by Crippen LogP contribution is 2.20. The zero-order valence-corrected chi connectivity index (χ0v) is 9.81. The van der Waals surface area contributed by atoms with Crippen molar-refractivity contribution in [2.45, 2.75) is 25.2 Å². The molecular weight excluding hydrogens is 188 g/mol. The van der Waals surface area contributed by atoms with Crippen molar-refractivity contribution in [3.8, 4) is 0 Å². The molecule has 0 fully saturated rings. The molecule has 0 atom stereocenters. The third-order valence-electron chi connectivity index (χ3n) is 1.89. The monoisotopic (exact) mass is 206 g/mol. The van der Waals surface area contributed by atoms with Gasteiger partial charge in [-0.05, 0) is 30.0 Å². The Kier molecular flexibility index (Phi) is 4.81. The van der Waals surface area contributed by atoms with Gasteiger partial charge < -0.3 is 0 Å². The summed E-state index contributed by atoms with van der Waals surface area (Å²) in [4.78, 5) is 1.37. The summed E-state index contributed by atoms with van der Waals surface area (Å²) >= 11 is 1.93. The molecule has 0 amide bonds. The summed E-state index contributed by atoms with van der Waals surface area (Å²) in [5.74, 6) is 1.95. The van der Waals surface area contributed by atoms with Gasteiger partial charge in [0.05, 0.1) is 0 Å². The van der Waals surface area contributed by atoms with Gasteiger partial charge in [0.25, 0.3) is 0 Å². The zero-order chi connectivity index (χ0) is 10.4. The molecule has 1 heteroatoms. The predicted molar refractivity (Wildman–Crippen MR) is 65.9 cm³/mol. The highest BCUT2D eigenvalue weighted by Gasteiger charge is 1.97. The van der Waals surface area contributed by atoms with Crippen LogP contribution < -0.4 is 0 Å². The number of allylic oxidation sites excluding steroid dienone is 1. The molecule has 0 bridgehead atoms. The molecule has 1 rings (SSSR count). The Bertz CT molecular complexity index is 272. The van der Waals surface area contributed by atoms with E-state index in [1.807, 2.05) is 17.8 Å². The maximum absolute atomic E-state index is 3.73. The van der Waals surface area contributed by atoms with E-state index in [4.69, 9.17) is 0 Å². The molecule has 0 aliphatic heterocycles. The first-order valence-electron chi connectivity index (χ1n) is 5.05. The van der Waals surface area contributed by atoms with Gasteiger partial charge in [0.15, 0.2) is 0 Å². The largest absolute Gasteiger partial charge is 0.126 e. The van der Waals surface area contributed by atoms with Crippen LogP contribution in [0.1, 0.15) is 19.4 Å². The first kappa shape index (κ1) is 11.4. The van der Waals surface area contributed by atoms with Crippen LogP contribution in [0.5, 0.6) is 0 Å². The van der Waals surface area contributed by atoms with Crippen molar-refractivity contribution < 1.29 is 0 Å². The van der Waals surface area contributed by atoms with Gasteiger partial charge in [0.1, 0.15) is 0 Å². The minimum atomic E-state index is 0.757. The number of rotatable bonds is 5. The minimum Gasteiger partial charge on any atom is -0.126 e. The summed E-state index contributed by atoms with van der Waals surface area (Å²) in [5.41, 5.74) is 1.34. The van der Waals surface area contributed by atoms with E-state index in [1.165, 1.54) is 16.2 Å². The second kappa shape index (κ2) is 5.92. The van der Waals surface area contributed by atoms with Gasteiger partial charge in [-0.1, -0.05) is 32.1 Å². The summed E-state index contributed by atoms with van der Waals surface area (Å²) in [7, 11) is 0. The molecule has 0 nitrogen and oxygen atoms in total. The lowest BCUT2D eigenvalue weighted by molar-refractivity contribution is 0.750. The van der Waals surface area contributed by atoms with E-state index in [-0.39, 0.29) is 0 Å². The summed E-state index contributed by atoms with van der Waals surface area (Å²) in [6.45, 7) is 8.23. The SMILES string of the molecule is C=CCc1ccc(SCC(C)C)cc1. The van der Waals surface area contributed by atoms with Crippen LogP contribution in [-0.2, 0) is 6.42 Å². The Labute approximate surface area is 91.4 Å². The van der Waals surface area contributed by atoms with Gasteiger partial charge in [-0.2, -0.15) is 0 Å². The number of hydrogen-bond donors (Lipinski definition) is 0. The van der Waals surface area contributed by atoms with Gasteiger partial charge in [0, 0.05) is 10.6 Å². The summed E-state index contributed by atoms with van der Waals surface area (Å²) in [6, 6.07) is 8.77. The summed E-state index contributed by atoms with van der Waals surface area (Å²) in [6.07, 6.45) is 2.91. The molecule has 0 aliphatic rings. The van der Waals surface area contributed by atoms with E-state index in [0.717, 1.165) is 12.3 Å². The van der Waals surface area contributed by atoms with E-state index in [1.54, 1.807) is 0 Å². The van der Waals surface area contributed by atoms with Gasteiger partial charge in [-0.3, -0.25) is 0 Å². The predicted octanol–water partition coefficient (Wildman–Crippen LogP) is 4.16. The van der Waals surface area contributed by atoms with E-state index in [0.29, 0.717) is 0 Å². The fourth-order valence-corrected chi connectivity index (χ4v) is 2.01. The number of hydrogen-bond acceptors (Lipinski definition) is 1. The Morgan fingerprint density at radius 1 is 1.29 bits per heavy atom. The number of benzene rings is 1. The van der Waals surface area contributed by atoms with Crippen molar-refractivity contribution in [1.29, 1.82) is 0 Å². The second-order valence-electron chi connectivity index (χ2n) is 3.84. The molecule has 0 aliphatic carbocycles. The van der Waals surface area contributed by atoms with Gasteiger partial charge >= 0.3 is 0 Å². The van der Waals surface area contributed by atoms with Crippen LogP contribution in [-0.4, -0.2) is 5.75 Å². The van der Waals surface area contributed by atoms with Gasteiger partial charge in [0.2, 0.25) is 0 Å². The molecule has 0 saturated carbocycles. The lowest BCUT2D eigenvalue weighted by Gasteiger charge is -2.04. The van der Waals surface area contributed by atoms with E-state index in [2.05, 4.69) is 44.7 Å². The average Bonchev–Trinajstić information content (AvgIpc) is 2.17. The topological polar surface area (TPSA) is 0 Å². The van der Waals surface area contributed by atoms with Crippen molar-refractivity contribution in [3.05, 3.63) is 42.5 Å². The first-order valence-corrected chi connectivity index (χ1v) is 6.03. The Morgan fingerprint density at radius 3 is 2.43 bits per heavy atom. The molecule has 1 aromatic carbocycles. The standard InChI is InChI=1S/C13H18S/c1-4-5-12-6-8-13(9-7-12)14-10-11(2)3/h4,6-9,11H,1,5,10H2,2-3H3. The molecule has 0 heterocycles. The highest BCUT2D eigenvalue weighted by atomic mass is 32.2. The quantitative estimate of drug-likeness (QED) is 0.515. The van der Waals surface area contributed by atoms with E-state index < -0.39 is 0 Å². The van der Waals surface area contributed by atoms with Crippen LogP contribution in [0.4, 0.5) is 0 Å². The maximum atomic E-state index is 3.73. The highest BCUT2D eigenvalue weighted by molar-refractivity contribution is 7.99. The van der Waals surface area contributed by atoms with E-state index in [9.17, 15) is 0 Å². The lowest BCUT2D eigenvalue weighted by Crippen LogP contribution is -1.90. The van der Waals surface area contributed by atoms with Crippen molar-refractivity contribution in [3.63, 3.8) is 0 Å². The summed E-state index contributed by atoms with van der Waals surface area (Å²) in [5, 5.41) is 0.